The maximum absolute atomic E-state index is 12.9. The van der Waals surface area contributed by atoms with Gasteiger partial charge in [-0.25, -0.2) is 9.69 Å². The molecule has 1 saturated heterocycles. The Morgan fingerprint density at radius 3 is 2.24 bits per heavy atom. The lowest BCUT2D eigenvalue weighted by Gasteiger charge is -2.16. The van der Waals surface area contributed by atoms with Crippen LogP contribution in [0.2, 0.25) is 15.1 Å². The number of anilines is 1. The van der Waals surface area contributed by atoms with Crippen LogP contribution in [0.5, 0.6) is 0 Å². The van der Waals surface area contributed by atoms with Gasteiger partial charge >= 0.3 is 5.97 Å². The van der Waals surface area contributed by atoms with Crippen LogP contribution < -0.4 is 10.2 Å². The number of ketones is 1. The van der Waals surface area contributed by atoms with Gasteiger partial charge in [-0.1, -0.05) is 46.9 Å². The molecule has 1 heterocycles. The van der Waals surface area contributed by atoms with E-state index in [1.807, 2.05) is 12.1 Å². The smallest absolute Gasteiger partial charge is 0.338 e. The quantitative estimate of drug-likeness (QED) is 0.221. The summed E-state index contributed by atoms with van der Waals surface area (Å²) in [6, 6.07) is 17.0. The number of carbonyl (C=O) groups excluding carboxylic acids is 4. The van der Waals surface area contributed by atoms with Gasteiger partial charge in [0.15, 0.2) is 12.4 Å². The molecule has 1 fully saturated rings. The standard InChI is InChI=1S/C27H21Cl3N2O5/c28-19-6-1-16(2-7-19)11-12-31-23-14-25(34)32(26(23)35)20-8-3-17(4-9-20)27(36)37-15-24(33)18-5-10-21(29)22(30)13-18/h1-10,13,23,31H,11-12,14-15H2. The van der Waals surface area contributed by atoms with Crippen molar-refractivity contribution in [2.75, 3.05) is 18.1 Å². The molecule has 0 aliphatic carbocycles. The van der Waals surface area contributed by atoms with Crippen molar-refractivity contribution in [1.29, 1.82) is 0 Å². The summed E-state index contributed by atoms with van der Waals surface area (Å²) >= 11 is 17.7. The van der Waals surface area contributed by atoms with E-state index < -0.39 is 24.4 Å². The summed E-state index contributed by atoms with van der Waals surface area (Å²) in [6.45, 7) is 0.0376. The predicted molar refractivity (Wildman–Crippen MR) is 142 cm³/mol. The average molecular weight is 560 g/mol. The molecule has 37 heavy (non-hydrogen) atoms. The van der Waals surface area contributed by atoms with Gasteiger partial charge in [0.1, 0.15) is 0 Å². The van der Waals surface area contributed by atoms with Crippen molar-refractivity contribution in [3.05, 3.63) is 98.5 Å². The van der Waals surface area contributed by atoms with E-state index >= 15 is 0 Å². The van der Waals surface area contributed by atoms with E-state index in [-0.39, 0.29) is 34.4 Å². The zero-order valence-corrected chi connectivity index (χ0v) is 21.6. The Morgan fingerprint density at radius 1 is 0.892 bits per heavy atom. The molecule has 2 amide bonds. The fourth-order valence-electron chi connectivity index (χ4n) is 3.82. The monoisotopic (exact) mass is 558 g/mol. The molecule has 3 aromatic rings. The molecule has 0 aromatic heterocycles. The van der Waals surface area contributed by atoms with E-state index in [0.717, 1.165) is 10.5 Å². The lowest BCUT2D eigenvalue weighted by Crippen LogP contribution is -2.39. The third-order valence-electron chi connectivity index (χ3n) is 5.80. The molecule has 7 nitrogen and oxygen atoms in total. The molecule has 1 N–H and O–H groups in total. The summed E-state index contributed by atoms with van der Waals surface area (Å²) in [5, 5.41) is 4.32. The van der Waals surface area contributed by atoms with Crippen LogP contribution >= 0.6 is 34.8 Å². The lowest BCUT2D eigenvalue weighted by molar-refractivity contribution is -0.121. The molecule has 3 aromatic carbocycles. The topological polar surface area (TPSA) is 92.8 Å². The minimum absolute atomic E-state index is 0.0417. The summed E-state index contributed by atoms with van der Waals surface area (Å²) < 4.78 is 5.10. The van der Waals surface area contributed by atoms with Crippen molar-refractivity contribution in [1.82, 2.24) is 5.32 Å². The van der Waals surface area contributed by atoms with E-state index in [9.17, 15) is 19.2 Å². The van der Waals surface area contributed by atoms with Gasteiger partial charge in [0.25, 0.3) is 5.91 Å². The molecule has 0 saturated carbocycles. The van der Waals surface area contributed by atoms with Gasteiger partial charge in [-0.05, 0) is 73.1 Å². The lowest BCUT2D eigenvalue weighted by atomic mass is 10.1. The van der Waals surface area contributed by atoms with Crippen LogP contribution in [0.15, 0.2) is 66.7 Å². The molecular weight excluding hydrogens is 539 g/mol. The number of nitrogens with zero attached hydrogens (tertiary/aromatic N) is 1. The van der Waals surface area contributed by atoms with E-state index in [4.69, 9.17) is 39.5 Å². The average Bonchev–Trinajstić information content (AvgIpc) is 3.17. The predicted octanol–water partition coefficient (Wildman–Crippen LogP) is 5.15. The zero-order chi connectivity index (χ0) is 26.5. The number of Topliss-reactive ketones (excluding diaryl/α,β-unsaturated/α-hetero) is 1. The largest absolute Gasteiger partial charge is 0.454 e. The van der Waals surface area contributed by atoms with Crippen molar-refractivity contribution in [2.24, 2.45) is 0 Å². The number of imide groups is 1. The number of nitrogens with one attached hydrogen (secondary N) is 1. The Morgan fingerprint density at radius 2 is 1.57 bits per heavy atom. The van der Waals surface area contributed by atoms with E-state index in [0.29, 0.717) is 28.7 Å². The van der Waals surface area contributed by atoms with Crippen molar-refractivity contribution < 1.29 is 23.9 Å². The van der Waals surface area contributed by atoms with Gasteiger partial charge in [0, 0.05) is 10.6 Å². The van der Waals surface area contributed by atoms with Crippen LogP contribution in [-0.2, 0) is 20.7 Å². The van der Waals surface area contributed by atoms with Crippen LogP contribution in [-0.4, -0.2) is 42.8 Å². The second kappa shape index (κ2) is 11.9. The summed E-state index contributed by atoms with van der Waals surface area (Å²) in [4.78, 5) is 51.2. The number of halogens is 3. The van der Waals surface area contributed by atoms with Crippen molar-refractivity contribution in [3.8, 4) is 0 Å². The van der Waals surface area contributed by atoms with Gasteiger partial charge in [-0.3, -0.25) is 14.4 Å². The number of amides is 2. The molecule has 0 spiro atoms. The minimum Gasteiger partial charge on any atom is -0.454 e. The van der Waals surface area contributed by atoms with E-state index in [1.165, 1.54) is 42.5 Å². The number of hydrogen-bond donors (Lipinski definition) is 1. The first-order valence-electron chi connectivity index (χ1n) is 11.3. The molecule has 10 heteroatoms. The summed E-state index contributed by atoms with van der Waals surface area (Å²) in [7, 11) is 0. The maximum Gasteiger partial charge on any atom is 0.338 e. The number of benzene rings is 3. The Bertz CT molecular complexity index is 1340. The molecule has 1 aliphatic heterocycles. The first-order chi connectivity index (χ1) is 17.7. The maximum atomic E-state index is 12.9. The van der Waals surface area contributed by atoms with E-state index in [1.54, 1.807) is 12.1 Å². The van der Waals surface area contributed by atoms with Gasteiger partial charge < -0.3 is 10.1 Å². The fraction of sp³-hybridized carbons (Fsp3) is 0.185. The third kappa shape index (κ3) is 6.56. The van der Waals surface area contributed by atoms with Crippen LogP contribution in [0.25, 0.3) is 0 Å². The number of esters is 1. The molecular formula is C27H21Cl3N2O5. The molecule has 0 bridgehead atoms. The molecule has 1 atom stereocenters. The SMILES string of the molecule is O=C(COC(=O)c1ccc(N2C(=O)CC(NCCc3ccc(Cl)cc3)C2=O)cc1)c1ccc(Cl)c(Cl)c1. The molecule has 190 valence electrons. The Labute approximate surface area is 228 Å². The highest BCUT2D eigenvalue weighted by Crippen LogP contribution is 2.25. The molecule has 1 unspecified atom stereocenters. The first kappa shape index (κ1) is 26.8. The van der Waals surface area contributed by atoms with Gasteiger partial charge in [-0.2, -0.15) is 0 Å². The highest BCUT2D eigenvalue weighted by atomic mass is 35.5. The molecule has 1 aliphatic rings. The van der Waals surface area contributed by atoms with Gasteiger partial charge in [0.2, 0.25) is 5.91 Å². The van der Waals surface area contributed by atoms with Gasteiger partial charge in [0.05, 0.1) is 33.8 Å². The second-order valence-corrected chi connectivity index (χ2v) is 9.58. The summed E-state index contributed by atoms with van der Waals surface area (Å²) in [5.41, 5.74) is 1.84. The van der Waals surface area contributed by atoms with Crippen molar-refractivity contribution in [2.45, 2.75) is 18.9 Å². The van der Waals surface area contributed by atoms with E-state index in [2.05, 4.69) is 5.32 Å². The van der Waals surface area contributed by atoms with Crippen LogP contribution in [0.4, 0.5) is 5.69 Å². The fourth-order valence-corrected chi connectivity index (χ4v) is 4.24. The number of hydrogen-bond acceptors (Lipinski definition) is 6. The number of carbonyl (C=O) groups is 4. The molecule has 4 rings (SSSR count). The van der Waals surface area contributed by atoms with Gasteiger partial charge in [-0.15, -0.1) is 0 Å². The number of ether oxygens (including phenoxy) is 1. The van der Waals surface area contributed by atoms with Crippen molar-refractivity contribution >= 4 is 64.1 Å². The number of rotatable bonds is 9. The second-order valence-electron chi connectivity index (χ2n) is 8.33. The van der Waals surface area contributed by atoms with Crippen LogP contribution in [0.1, 0.15) is 32.7 Å². The Hall–Kier alpha value is -3.23. The van der Waals surface area contributed by atoms with Crippen LogP contribution in [0, 0.1) is 0 Å². The summed E-state index contributed by atoms with van der Waals surface area (Å²) in [5.74, 6) is -1.85. The zero-order valence-electron chi connectivity index (χ0n) is 19.4. The molecule has 0 radical (unpaired) electrons. The minimum atomic E-state index is -0.722. The highest BCUT2D eigenvalue weighted by molar-refractivity contribution is 6.42. The highest BCUT2D eigenvalue weighted by Gasteiger charge is 2.39. The normalized spacial score (nSPS) is 15.2. The third-order valence-corrected chi connectivity index (χ3v) is 6.79. The van der Waals surface area contributed by atoms with Crippen LogP contribution in [0.3, 0.4) is 0 Å². The first-order valence-corrected chi connectivity index (χ1v) is 12.5. The Kier molecular flexibility index (Phi) is 8.61. The van der Waals surface area contributed by atoms with Crippen molar-refractivity contribution in [3.63, 3.8) is 0 Å². The summed E-state index contributed by atoms with van der Waals surface area (Å²) in [6.07, 6.45) is 0.722. The Balaban J connectivity index is 1.31.